The first-order valence-electron chi connectivity index (χ1n) is 6.73. The Kier molecular flexibility index (Phi) is 3.39. The molecule has 21 heavy (non-hydrogen) atoms. The summed E-state index contributed by atoms with van der Waals surface area (Å²) in [4.78, 5) is 20.7. The number of fused-ring (bicyclic) bond motifs is 1. The Morgan fingerprint density at radius 1 is 1.29 bits per heavy atom. The van der Waals surface area contributed by atoms with Gasteiger partial charge in [-0.05, 0) is 19.1 Å². The van der Waals surface area contributed by atoms with Crippen molar-refractivity contribution in [3.63, 3.8) is 0 Å². The third-order valence-corrected chi connectivity index (χ3v) is 3.38. The Hall–Kier alpha value is -2.69. The van der Waals surface area contributed by atoms with E-state index in [1.807, 2.05) is 35.8 Å². The predicted octanol–water partition coefficient (Wildman–Crippen LogP) is 2.49. The first-order chi connectivity index (χ1) is 10.2. The summed E-state index contributed by atoms with van der Waals surface area (Å²) in [6.07, 6.45) is 3.35. The molecule has 0 unspecified atom stereocenters. The molecule has 0 radical (unpaired) electrons. The van der Waals surface area contributed by atoms with Crippen molar-refractivity contribution in [3.05, 3.63) is 52.9 Å². The Morgan fingerprint density at radius 3 is 2.90 bits per heavy atom. The number of rotatable bonds is 3. The largest absolute Gasteiger partial charge is 0.497 e. The van der Waals surface area contributed by atoms with Crippen LogP contribution in [-0.4, -0.2) is 21.6 Å². The van der Waals surface area contributed by atoms with Gasteiger partial charge in [-0.25, -0.2) is 9.97 Å². The number of aryl methyl sites for hydroxylation is 1. The summed E-state index contributed by atoms with van der Waals surface area (Å²) in [6.45, 7) is 2.75. The van der Waals surface area contributed by atoms with Gasteiger partial charge in [0.05, 0.1) is 12.5 Å². The second-order valence-corrected chi connectivity index (χ2v) is 4.63. The fourth-order valence-electron chi connectivity index (χ4n) is 2.24. The molecule has 0 N–H and O–H groups in total. The molecule has 106 valence electrons. The fraction of sp³-hybridized carbons (Fsp3) is 0.188. The molecule has 3 aromatic rings. The molecule has 0 amide bonds. The average Bonchev–Trinajstić information content (AvgIpc) is 2.55. The average molecular weight is 281 g/mol. The summed E-state index contributed by atoms with van der Waals surface area (Å²) in [5.74, 6) is 1.33. The maximum absolute atomic E-state index is 11.9. The molecule has 0 spiro atoms. The molecule has 3 rings (SSSR count). The van der Waals surface area contributed by atoms with E-state index in [4.69, 9.17) is 4.74 Å². The number of hydrogen-bond donors (Lipinski definition) is 0. The number of aromatic nitrogens is 3. The van der Waals surface area contributed by atoms with Crippen LogP contribution in [0, 0.1) is 0 Å². The molecule has 1 aromatic carbocycles. The molecule has 2 heterocycles. The van der Waals surface area contributed by atoms with Gasteiger partial charge in [0.1, 0.15) is 11.4 Å². The lowest BCUT2D eigenvalue weighted by Crippen LogP contribution is -2.09. The molecule has 0 atom stereocenters. The quantitative estimate of drug-likeness (QED) is 0.740. The fourth-order valence-corrected chi connectivity index (χ4v) is 2.24. The third-order valence-electron chi connectivity index (χ3n) is 3.38. The zero-order chi connectivity index (χ0) is 14.8. The summed E-state index contributed by atoms with van der Waals surface area (Å²) in [7, 11) is 1.62. The molecule has 0 fully saturated rings. The standard InChI is InChI=1S/C16H15N3O2/c1-3-19-8-7-14(20)13-10-17-15(18-16(13)19)11-5-4-6-12(9-11)21-2/h4-10H,3H2,1-2H3. The maximum atomic E-state index is 11.9. The van der Waals surface area contributed by atoms with Crippen LogP contribution in [0.4, 0.5) is 0 Å². The van der Waals surface area contributed by atoms with Gasteiger partial charge in [-0.2, -0.15) is 0 Å². The van der Waals surface area contributed by atoms with E-state index < -0.39 is 0 Å². The highest BCUT2D eigenvalue weighted by molar-refractivity contribution is 5.76. The van der Waals surface area contributed by atoms with Crippen LogP contribution in [0.3, 0.4) is 0 Å². The minimum absolute atomic E-state index is 0.0631. The summed E-state index contributed by atoms with van der Waals surface area (Å²) in [5, 5.41) is 0.533. The number of methoxy groups -OCH3 is 1. The molecule has 5 heteroatoms. The van der Waals surface area contributed by atoms with Crippen molar-refractivity contribution in [2.24, 2.45) is 0 Å². The summed E-state index contributed by atoms with van der Waals surface area (Å²) < 4.78 is 7.15. The number of benzene rings is 1. The molecule has 0 aliphatic rings. The van der Waals surface area contributed by atoms with Crippen molar-refractivity contribution in [1.29, 1.82) is 0 Å². The van der Waals surface area contributed by atoms with Gasteiger partial charge >= 0.3 is 0 Å². The third kappa shape index (κ3) is 2.38. The molecule has 0 aliphatic heterocycles. The Bertz CT molecular complexity index is 856. The van der Waals surface area contributed by atoms with Gasteiger partial charge in [0.25, 0.3) is 0 Å². The highest BCUT2D eigenvalue weighted by atomic mass is 16.5. The van der Waals surface area contributed by atoms with Crippen molar-refractivity contribution < 1.29 is 4.74 Å². The lowest BCUT2D eigenvalue weighted by Gasteiger charge is -2.08. The van der Waals surface area contributed by atoms with Gasteiger partial charge in [0.2, 0.25) is 0 Å². The molecule has 0 saturated heterocycles. The lowest BCUT2D eigenvalue weighted by atomic mass is 10.2. The number of nitrogens with zero attached hydrogens (tertiary/aromatic N) is 3. The van der Waals surface area contributed by atoms with Gasteiger partial charge in [-0.3, -0.25) is 4.79 Å². The first-order valence-corrected chi connectivity index (χ1v) is 6.73. The van der Waals surface area contributed by atoms with E-state index in [0.717, 1.165) is 17.9 Å². The smallest absolute Gasteiger partial charge is 0.192 e. The SMILES string of the molecule is CCn1ccc(=O)c2cnc(-c3cccc(OC)c3)nc21. The molecular formula is C16H15N3O2. The number of ether oxygens (including phenoxy) is 1. The van der Waals surface area contributed by atoms with Crippen LogP contribution in [0.25, 0.3) is 22.4 Å². The first kappa shape index (κ1) is 13.3. The van der Waals surface area contributed by atoms with Gasteiger partial charge in [0, 0.05) is 30.6 Å². The van der Waals surface area contributed by atoms with Crippen LogP contribution in [0.2, 0.25) is 0 Å². The van der Waals surface area contributed by atoms with Crippen LogP contribution in [0.15, 0.2) is 47.5 Å². The molecule has 5 nitrogen and oxygen atoms in total. The molecule has 0 saturated carbocycles. The van der Waals surface area contributed by atoms with E-state index >= 15 is 0 Å². The van der Waals surface area contributed by atoms with E-state index in [9.17, 15) is 4.79 Å². The number of hydrogen-bond acceptors (Lipinski definition) is 4. The molecular weight excluding hydrogens is 266 g/mol. The van der Waals surface area contributed by atoms with Crippen molar-refractivity contribution in [3.8, 4) is 17.1 Å². The van der Waals surface area contributed by atoms with Crippen molar-refractivity contribution in [2.45, 2.75) is 13.5 Å². The van der Waals surface area contributed by atoms with Crippen molar-refractivity contribution in [1.82, 2.24) is 14.5 Å². The minimum atomic E-state index is -0.0631. The van der Waals surface area contributed by atoms with Crippen LogP contribution in [0.1, 0.15) is 6.92 Å². The van der Waals surface area contributed by atoms with Crippen molar-refractivity contribution >= 4 is 11.0 Å². The van der Waals surface area contributed by atoms with Gasteiger partial charge in [0.15, 0.2) is 11.3 Å². The molecule has 0 bridgehead atoms. The van der Waals surface area contributed by atoms with E-state index in [-0.39, 0.29) is 5.43 Å². The van der Waals surface area contributed by atoms with Gasteiger partial charge < -0.3 is 9.30 Å². The second kappa shape index (κ2) is 5.36. The Morgan fingerprint density at radius 2 is 2.14 bits per heavy atom. The second-order valence-electron chi connectivity index (χ2n) is 4.63. The maximum Gasteiger partial charge on any atom is 0.192 e. The minimum Gasteiger partial charge on any atom is -0.497 e. The molecule has 2 aromatic heterocycles. The highest BCUT2D eigenvalue weighted by Gasteiger charge is 2.08. The summed E-state index contributed by atoms with van der Waals surface area (Å²) in [5.41, 5.74) is 1.44. The molecule has 0 aliphatic carbocycles. The zero-order valence-corrected chi connectivity index (χ0v) is 11.9. The van der Waals surface area contributed by atoms with E-state index in [1.54, 1.807) is 25.6 Å². The monoisotopic (exact) mass is 281 g/mol. The Balaban J connectivity index is 2.22. The number of pyridine rings is 1. The normalized spacial score (nSPS) is 10.8. The summed E-state index contributed by atoms with van der Waals surface area (Å²) >= 11 is 0. The van der Waals surface area contributed by atoms with Crippen LogP contribution in [0.5, 0.6) is 5.75 Å². The van der Waals surface area contributed by atoms with E-state index in [0.29, 0.717) is 16.9 Å². The highest BCUT2D eigenvalue weighted by Crippen LogP contribution is 2.21. The van der Waals surface area contributed by atoms with Crippen molar-refractivity contribution in [2.75, 3.05) is 7.11 Å². The Labute approximate surface area is 121 Å². The van der Waals surface area contributed by atoms with Crippen LogP contribution in [-0.2, 0) is 6.54 Å². The summed E-state index contributed by atoms with van der Waals surface area (Å²) in [6, 6.07) is 9.09. The van der Waals surface area contributed by atoms with Gasteiger partial charge in [-0.15, -0.1) is 0 Å². The van der Waals surface area contributed by atoms with Crippen LogP contribution >= 0.6 is 0 Å². The topological polar surface area (TPSA) is 57.0 Å². The van der Waals surface area contributed by atoms with Gasteiger partial charge in [-0.1, -0.05) is 12.1 Å². The van der Waals surface area contributed by atoms with E-state index in [2.05, 4.69) is 9.97 Å². The lowest BCUT2D eigenvalue weighted by molar-refractivity contribution is 0.415. The van der Waals surface area contributed by atoms with E-state index in [1.165, 1.54) is 0 Å². The zero-order valence-electron chi connectivity index (χ0n) is 11.9. The van der Waals surface area contributed by atoms with Crippen LogP contribution < -0.4 is 10.2 Å². The predicted molar refractivity (Wildman–Crippen MR) is 81.5 cm³/mol.